The summed E-state index contributed by atoms with van der Waals surface area (Å²) in [7, 11) is -2.99. The fraction of sp³-hybridized carbons (Fsp3) is 0.214. The fourth-order valence-electron chi connectivity index (χ4n) is 4.29. The van der Waals surface area contributed by atoms with Crippen molar-refractivity contribution < 1.29 is 8.42 Å². The lowest BCUT2D eigenvalue weighted by Gasteiger charge is -2.26. The van der Waals surface area contributed by atoms with Crippen molar-refractivity contribution in [2.75, 3.05) is 33.3 Å². The maximum absolute atomic E-state index is 11.4. The van der Waals surface area contributed by atoms with E-state index in [1.54, 1.807) is 12.3 Å². The highest BCUT2D eigenvalue weighted by Gasteiger charge is 2.32. The molecule has 0 amide bonds. The van der Waals surface area contributed by atoms with Gasteiger partial charge in [-0.2, -0.15) is 4.98 Å². The average molecular weight is 566 g/mol. The number of nitrogens with one attached hydrogen (secondary N) is 4. The minimum atomic E-state index is -2.99. The van der Waals surface area contributed by atoms with Gasteiger partial charge in [-0.15, -0.1) is 12.4 Å². The Morgan fingerprint density at radius 2 is 1.54 bits per heavy atom. The van der Waals surface area contributed by atoms with E-state index >= 15 is 0 Å². The Morgan fingerprint density at radius 1 is 0.872 bits per heavy atom. The molecule has 3 aromatic carbocycles. The Labute approximate surface area is 235 Å². The number of hydrogen-bond acceptors (Lipinski definition) is 9. The summed E-state index contributed by atoms with van der Waals surface area (Å²) in [6.07, 6.45) is 4.04. The van der Waals surface area contributed by atoms with Crippen LogP contribution in [0.15, 0.2) is 79.0 Å². The molecule has 1 aromatic heterocycles. The van der Waals surface area contributed by atoms with Gasteiger partial charge in [-0.3, -0.25) is 5.73 Å². The van der Waals surface area contributed by atoms with Crippen LogP contribution in [0.25, 0.3) is 0 Å². The first-order valence-corrected chi connectivity index (χ1v) is 14.4. The summed E-state index contributed by atoms with van der Waals surface area (Å²) < 4.78 is 22.8. The van der Waals surface area contributed by atoms with Crippen molar-refractivity contribution in [1.82, 2.24) is 9.97 Å². The first-order chi connectivity index (χ1) is 18.1. The number of nitrogens with zero attached hydrogens (tertiary/aromatic N) is 2. The van der Waals surface area contributed by atoms with Crippen LogP contribution < -0.4 is 27.0 Å². The predicted octanol–water partition coefficient (Wildman–Crippen LogP) is 4.97. The van der Waals surface area contributed by atoms with Crippen LogP contribution >= 0.6 is 12.4 Å². The van der Waals surface area contributed by atoms with Crippen LogP contribution in [0.2, 0.25) is 0 Å². The minimum Gasteiger partial charge on any atom is -0.349 e. The largest absolute Gasteiger partial charge is 0.349 e. The second-order valence-electron chi connectivity index (χ2n) is 9.74. The first kappa shape index (κ1) is 28.2. The molecule has 1 unspecified atom stereocenters. The normalized spacial score (nSPS) is 15.9. The highest BCUT2D eigenvalue weighted by molar-refractivity contribution is 7.90. The molecule has 0 bridgehead atoms. The second-order valence-corrected chi connectivity index (χ2v) is 12.0. The number of fused-ring (bicyclic) bond motifs is 1. The van der Waals surface area contributed by atoms with Gasteiger partial charge in [0.2, 0.25) is 5.95 Å². The summed E-state index contributed by atoms with van der Waals surface area (Å²) in [5.41, 5.74) is 13.5. The predicted molar refractivity (Wildman–Crippen MR) is 161 cm³/mol. The van der Waals surface area contributed by atoms with Crippen molar-refractivity contribution in [1.29, 1.82) is 0 Å². The first-order valence-electron chi connectivity index (χ1n) is 12.3. The number of rotatable bonds is 9. The summed E-state index contributed by atoms with van der Waals surface area (Å²) in [6, 6.07) is 23.7. The van der Waals surface area contributed by atoms with Gasteiger partial charge in [-0.25, -0.2) is 13.4 Å². The van der Waals surface area contributed by atoms with E-state index in [4.69, 9.17) is 5.73 Å². The smallest absolute Gasteiger partial charge is 0.229 e. The molecule has 0 saturated heterocycles. The Bertz CT molecular complexity index is 1550. The maximum Gasteiger partial charge on any atom is 0.229 e. The lowest BCUT2D eigenvalue weighted by atomic mass is 10.1. The molecule has 9 nitrogen and oxygen atoms in total. The summed E-state index contributed by atoms with van der Waals surface area (Å²) in [5.74, 6) is 0.433. The molecule has 1 aliphatic rings. The molecule has 5 rings (SSSR count). The topological polar surface area (TPSA) is 134 Å². The van der Waals surface area contributed by atoms with Crippen LogP contribution in [-0.4, -0.2) is 36.2 Å². The molecule has 1 aliphatic heterocycles. The van der Waals surface area contributed by atoms with E-state index in [-0.39, 0.29) is 18.2 Å². The van der Waals surface area contributed by atoms with Crippen molar-refractivity contribution in [2.24, 2.45) is 5.73 Å². The third kappa shape index (κ3) is 7.60. The molecular formula is C28H32ClN7O2S. The third-order valence-electron chi connectivity index (χ3n) is 6.24. The third-order valence-corrected chi connectivity index (χ3v) is 7.18. The van der Waals surface area contributed by atoms with E-state index < -0.39 is 15.6 Å². The van der Waals surface area contributed by atoms with Gasteiger partial charge < -0.3 is 21.3 Å². The Morgan fingerprint density at radius 3 is 2.26 bits per heavy atom. The molecule has 0 radical (unpaired) electrons. The van der Waals surface area contributed by atoms with Crippen LogP contribution in [0, 0.1) is 6.92 Å². The van der Waals surface area contributed by atoms with Crippen molar-refractivity contribution in [3.63, 3.8) is 0 Å². The molecule has 0 saturated carbocycles. The Hall–Kier alpha value is -3.86. The summed E-state index contributed by atoms with van der Waals surface area (Å²) in [6.45, 7) is 2.07. The lowest BCUT2D eigenvalue weighted by Crippen LogP contribution is -2.53. The van der Waals surface area contributed by atoms with Crippen LogP contribution in [0.5, 0.6) is 0 Å². The molecular weight excluding hydrogens is 534 g/mol. The van der Waals surface area contributed by atoms with Gasteiger partial charge in [0.05, 0.1) is 17.1 Å². The molecule has 0 spiro atoms. The number of hydrogen-bond donors (Lipinski definition) is 5. The number of halogens is 1. The zero-order chi connectivity index (χ0) is 26.8. The second kappa shape index (κ2) is 11.5. The number of anilines is 6. The molecule has 204 valence electrons. The van der Waals surface area contributed by atoms with E-state index in [0.717, 1.165) is 33.9 Å². The van der Waals surface area contributed by atoms with Gasteiger partial charge in [0.1, 0.15) is 15.7 Å². The van der Waals surface area contributed by atoms with Gasteiger partial charge in [0.15, 0.2) is 5.79 Å². The van der Waals surface area contributed by atoms with E-state index in [2.05, 4.69) is 62.4 Å². The summed E-state index contributed by atoms with van der Waals surface area (Å²) >= 11 is 0. The molecule has 0 aliphatic carbocycles. The number of sulfone groups is 1. The highest BCUT2D eigenvalue weighted by atomic mass is 35.5. The van der Waals surface area contributed by atoms with Crippen LogP contribution in [0.1, 0.15) is 16.7 Å². The van der Waals surface area contributed by atoms with E-state index in [1.807, 2.05) is 42.5 Å². The molecule has 39 heavy (non-hydrogen) atoms. The Balaban J connectivity index is 0.00000353. The van der Waals surface area contributed by atoms with Crippen LogP contribution in [0.3, 0.4) is 0 Å². The molecule has 11 heteroatoms. The SMILES string of the molecule is Cc1ccc(CC2(N)Nc3ccc(Nc4ccnc(Nc5ccc(CCS(C)(=O)=O)cc5)n4)cc3N2)cc1.Cl. The number of aryl methyl sites for hydroxylation is 2. The zero-order valence-electron chi connectivity index (χ0n) is 21.7. The fourth-order valence-corrected chi connectivity index (χ4v) is 4.89. The standard InChI is InChI=1S/C28H31N7O2S.ClH/c1-19-3-5-21(6-4-19)18-28(29)34-24-12-11-23(17-25(24)35-28)31-26-13-15-30-27(33-26)32-22-9-7-20(8-10-22)14-16-38(2,36)37;/h3-13,15,17,34-35H,14,16,18,29H2,1-2H3,(H2,30,31,32,33);1H. The minimum absolute atomic E-state index is 0. The number of aromatic nitrogens is 2. The van der Waals surface area contributed by atoms with Gasteiger partial charge >= 0.3 is 0 Å². The van der Waals surface area contributed by atoms with Crippen molar-refractivity contribution in [2.45, 2.75) is 25.6 Å². The van der Waals surface area contributed by atoms with Crippen molar-refractivity contribution in [3.8, 4) is 0 Å². The van der Waals surface area contributed by atoms with Gasteiger partial charge in [0.25, 0.3) is 0 Å². The summed E-state index contributed by atoms with van der Waals surface area (Å²) in [5, 5.41) is 13.3. The Kier molecular flexibility index (Phi) is 8.29. The average Bonchev–Trinajstić information content (AvgIpc) is 3.20. The van der Waals surface area contributed by atoms with E-state index in [0.29, 0.717) is 24.6 Å². The number of nitrogens with two attached hydrogens (primary N) is 1. The molecule has 1 atom stereocenters. The lowest BCUT2D eigenvalue weighted by molar-refractivity contribution is 0.566. The van der Waals surface area contributed by atoms with E-state index in [9.17, 15) is 8.42 Å². The monoisotopic (exact) mass is 565 g/mol. The zero-order valence-corrected chi connectivity index (χ0v) is 23.4. The molecule has 0 fully saturated rings. The van der Waals surface area contributed by atoms with E-state index in [1.165, 1.54) is 11.8 Å². The molecule has 4 aromatic rings. The molecule has 2 heterocycles. The maximum atomic E-state index is 11.4. The number of benzene rings is 3. The van der Waals surface area contributed by atoms with Gasteiger partial charge in [-0.1, -0.05) is 42.0 Å². The quantitative estimate of drug-likeness (QED) is 0.190. The van der Waals surface area contributed by atoms with Crippen LogP contribution in [-0.2, 0) is 22.7 Å². The van der Waals surface area contributed by atoms with Gasteiger partial charge in [0, 0.05) is 30.2 Å². The van der Waals surface area contributed by atoms with Gasteiger partial charge in [-0.05, 0) is 60.9 Å². The summed E-state index contributed by atoms with van der Waals surface area (Å²) in [4.78, 5) is 8.88. The van der Waals surface area contributed by atoms with Crippen LogP contribution in [0.4, 0.5) is 34.5 Å². The van der Waals surface area contributed by atoms with Crippen molar-refractivity contribution >= 4 is 56.8 Å². The van der Waals surface area contributed by atoms with Crippen molar-refractivity contribution in [3.05, 3.63) is 95.7 Å². The molecule has 6 N–H and O–H groups in total. The highest BCUT2D eigenvalue weighted by Crippen LogP contribution is 2.36.